The van der Waals surface area contributed by atoms with Crippen molar-refractivity contribution >= 4 is 39.1 Å². The van der Waals surface area contributed by atoms with Crippen LogP contribution in [0.5, 0.6) is 0 Å². The van der Waals surface area contributed by atoms with Crippen molar-refractivity contribution in [3.05, 3.63) is 23.0 Å². The van der Waals surface area contributed by atoms with Gasteiger partial charge >= 0.3 is 0 Å². The summed E-state index contributed by atoms with van der Waals surface area (Å²) in [6.45, 7) is 3.85. The van der Waals surface area contributed by atoms with Crippen molar-refractivity contribution in [2.45, 2.75) is 39.7 Å². The zero-order valence-electron chi connectivity index (χ0n) is 13.3. The topological polar surface area (TPSA) is 63.5 Å². The van der Waals surface area contributed by atoms with Gasteiger partial charge in [0, 0.05) is 19.0 Å². The van der Waals surface area contributed by atoms with Crippen LogP contribution >= 0.6 is 11.3 Å². The summed E-state index contributed by atoms with van der Waals surface area (Å²) in [6, 6.07) is 5.56. The lowest BCUT2D eigenvalue weighted by Gasteiger charge is -2.03. The number of hydrogen-bond donors (Lipinski definition) is 1. The van der Waals surface area contributed by atoms with Gasteiger partial charge in [0.1, 0.15) is 0 Å². The molecule has 1 aromatic carbocycles. The van der Waals surface area contributed by atoms with Crippen LogP contribution in [0.4, 0.5) is 5.69 Å². The molecule has 0 fully saturated rings. The van der Waals surface area contributed by atoms with Crippen LogP contribution in [0.15, 0.2) is 23.2 Å². The molecule has 1 heterocycles. The van der Waals surface area contributed by atoms with E-state index >= 15 is 0 Å². The van der Waals surface area contributed by atoms with Gasteiger partial charge in [0.15, 0.2) is 4.80 Å². The fraction of sp³-hybridized carbons (Fsp3) is 0.353. The first-order valence-electron chi connectivity index (χ1n) is 7.47. The lowest BCUT2D eigenvalue weighted by atomic mass is 10.2. The number of nitrogens with zero attached hydrogens (tertiary/aromatic N) is 2. The minimum absolute atomic E-state index is 0.128. The average molecular weight is 329 g/mol. The first kappa shape index (κ1) is 17.0. The Labute approximate surface area is 139 Å². The Bertz CT molecular complexity index is 840. The molecule has 1 N–H and O–H groups in total. The maximum absolute atomic E-state index is 11.9. The van der Waals surface area contributed by atoms with Crippen molar-refractivity contribution in [3.63, 3.8) is 0 Å². The number of rotatable bonds is 5. The predicted octanol–water partition coefficient (Wildman–Crippen LogP) is 2.91. The number of benzene rings is 1. The summed E-state index contributed by atoms with van der Waals surface area (Å²) in [6.07, 6.45) is 7.66. The highest BCUT2D eigenvalue weighted by Crippen LogP contribution is 2.22. The Morgan fingerprint density at radius 2 is 2.22 bits per heavy atom. The van der Waals surface area contributed by atoms with E-state index in [1.54, 1.807) is 0 Å². The minimum atomic E-state index is -0.133. The minimum Gasteiger partial charge on any atom is -0.326 e. The molecule has 1 aromatic heterocycles. The molecule has 0 radical (unpaired) electrons. The molecule has 0 spiro atoms. The molecule has 0 saturated carbocycles. The van der Waals surface area contributed by atoms with Crippen LogP contribution in [0.3, 0.4) is 0 Å². The normalized spacial score (nSPS) is 11.4. The fourth-order valence-corrected chi connectivity index (χ4v) is 3.26. The van der Waals surface area contributed by atoms with Crippen LogP contribution in [-0.4, -0.2) is 16.4 Å². The van der Waals surface area contributed by atoms with Crippen LogP contribution in [0.2, 0.25) is 0 Å². The quantitative estimate of drug-likeness (QED) is 0.857. The standard InChI is InChI=1S/C17H19N3O2S/c1-4-6-7-16(22)19-17-20(10-5-2)14-9-8-13(18-12(3)21)11-15(14)23-17/h2,8-9,11H,4,6-7,10H2,1,3H3,(H,18,21). The highest BCUT2D eigenvalue weighted by atomic mass is 32.1. The summed E-state index contributed by atoms with van der Waals surface area (Å²) in [5.74, 6) is 2.33. The van der Waals surface area contributed by atoms with E-state index in [9.17, 15) is 9.59 Å². The van der Waals surface area contributed by atoms with E-state index in [0.717, 1.165) is 23.1 Å². The van der Waals surface area contributed by atoms with Crippen LogP contribution < -0.4 is 10.1 Å². The van der Waals surface area contributed by atoms with Gasteiger partial charge in [-0.25, -0.2) is 0 Å². The van der Waals surface area contributed by atoms with Gasteiger partial charge in [-0.05, 0) is 24.6 Å². The van der Waals surface area contributed by atoms with E-state index < -0.39 is 0 Å². The smallest absolute Gasteiger partial charge is 0.248 e. The lowest BCUT2D eigenvalue weighted by Crippen LogP contribution is -2.16. The molecule has 2 amide bonds. The van der Waals surface area contributed by atoms with E-state index in [-0.39, 0.29) is 11.8 Å². The Morgan fingerprint density at radius 1 is 1.43 bits per heavy atom. The first-order chi connectivity index (χ1) is 11.0. The third kappa shape index (κ3) is 4.30. The Balaban J connectivity index is 2.49. The molecule has 0 unspecified atom stereocenters. The van der Waals surface area contributed by atoms with Crippen molar-refractivity contribution in [2.75, 3.05) is 5.32 Å². The average Bonchev–Trinajstić information content (AvgIpc) is 2.82. The molecule has 0 aliphatic carbocycles. The SMILES string of the molecule is C#CCn1c(=NC(=O)CCCC)sc2cc(NC(C)=O)ccc21. The number of aromatic nitrogens is 1. The molecule has 0 bridgehead atoms. The number of hydrogen-bond acceptors (Lipinski definition) is 3. The zero-order chi connectivity index (χ0) is 16.8. The van der Waals surface area contributed by atoms with Crippen LogP contribution in [-0.2, 0) is 16.1 Å². The second-order valence-corrected chi connectivity index (χ2v) is 6.16. The highest BCUT2D eigenvalue weighted by Gasteiger charge is 2.08. The summed E-state index contributed by atoms with van der Waals surface area (Å²) in [7, 11) is 0. The Hall–Kier alpha value is -2.39. The fourth-order valence-electron chi connectivity index (χ4n) is 2.17. The third-order valence-electron chi connectivity index (χ3n) is 3.22. The predicted molar refractivity (Wildman–Crippen MR) is 93.0 cm³/mol. The molecule has 0 aliphatic heterocycles. The number of carbonyl (C=O) groups excluding carboxylic acids is 2. The van der Waals surface area contributed by atoms with Crippen molar-refractivity contribution < 1.29 is 9.59 Å². The van der Waals surface area contributed by atoms with Gasteiger partial charge in [-0.1, -0.05) is 30.6 Å². The lowest BCUT2D eigenvalue weighted by molar-refractivity contribution is -0.118. The zero-order valence-corrected chi connectivity index (χ0v) is 14.1. The van der Waals surface area contributed by atoms with Crippen LogP contribution in [0, 0.1) is 12.3 Å². The van der Waals surface area contributed by atoms with E-state index in [4.69, 9.17) is 6.42 Å². The van der Waals surface area contributed by atoms with E-state index in [0.29, 0.717) is 23.5 Å². The van der Waals surface area contributed by atoms with Crippen molar-refractivity contribution in [3.8, 4) is 12.3 Å². The number of thiazole rings is 1. The van der Waals surface area contributed by atoms with Gasteiger partial charge in [-0.3, -0.25) is 9.59 Å². The van der Waals surface area contributed by atoms with Gasteiger partial charge < -0.3 is 9.88 Å². The molecule has 0 atom stereocenters. The number of fused-ring (bicyclic) bond motifs is 1. The molecular weight excluding hydrogens is 310 g/mol. The molecule has 5 nitrogen and oxygen atoms in total. The van der Waals surface area contributed by atoms with Crippen molar-refractivity contribution in [2.24, 2.45) is 4.99 Å². The first-order valence-corrected chi connectivity index (χ1v) is 8.28. The molecule has 6 heteroatoms. The molecule has 2 rings (SSSR count). The summed E-state index contributed by atoms with van der Waals surface area (Å²) in [5, 5.41) is 2.75. The van der Waals surface area contributed by atoms with Crippen LogP contribution in [0.1, 0.15) is 33.1 Å². The Kier molecular flexibility index (Phi) is 5.72. The maximum Gasteiger partial charge on any atom is 0.248 e. The van der Waals surface area contributed by atoms with Gasteiger partial charge in [-0.2, -0.15) is 4.99 Å². The third-order valence-corrected chi connectivity index (χ3v) is 4.26. The second-order valence-electron chi connectivity index (χ2n) is 5.15. The molecule has 120 valence electrons. The summed E-state index contributed by atoms with van der Waals surface area (Å²) >= 11 is 1.40. The summed E-state index contributed by atoms with van der Waals surface area (Å²) in [5.41, 5.74) is 1.62. The van der Waals surface area contributed by atoms with E-state index in [2.05, 4.69) is 16.2 Å². The number of amides is 2. The number of carbonyl (C=O) groups is 2. The molecule has 0 aliphatic rings. The van der Waals surface area contributed by atoms with E-state index in [1.807, 2.05) is 29.7 Å². The van der Waals surface area contributed by atoms with Crippen molar-refractivity contribution in [1.82, 2.24) is 4.57 Å². The molecular formula is C17H19N3O2S. The summed E-state index contributed by atoms with van der Waals surface area (Å²) in [4.78, 5) is 27.9. The molecule has 0 saturated heterocycles. The van der Waals surface area contributed by atoms with Gasteiger partial charge in [0.2, 0.25) is 11.8 Å². The monoisotopic (exact) mass is 329 g/mol. The summed E-state index contributed by atoms with van der Waals surface area (Å²) < 4.78 is 2.77. The van der Waals surface area contributed by atoms with Crippen molar-refractivity contribution in [1.29, 1.82) is 0 Å². The highest BCUT2D eigenvalue weighted by molar-refractivity contribution is 7.16. The van der Waals surface area contributed by atoms with Gasteiger partial charge in [0.25, 0.3) is 0 Å². The number of terminal acetylenes is 1. The van der Waals surface area contributed by atoms with Crippen LogP contribution in [0.25, 0.3) is 10.2 Å². The molecule has 2 aromatic rings. The Morgan fingerprint density at radius 3 is 2.87 bits per heavy atom. The maximum atomic E-state index is 11.9. The number of nitrogens with one attached hydrogen (secondary N) is 1. The van der Waals surface area contributed by atoms with E-state index in [1.165, 1.54) is 18.3 Å². The molecule has 23 heavy (non-hydrogen) atoms. The largest absolute Gasteiger partial charge is 0.326 e. The number of unbranched alkanes of at least 4 members (excludes halogenated alkanes) is 1. The second kappa shape index (κ2) is 7.75. The number of anilines is 1. The van der Waals surface area contributed by atoms with Gasteiger partial charge in [0.05, 0.1) is 16.8 Å². The van der Waals surface area contributed by atoms with Gasteiger partial charge in [-0.15, -0.1) is 6.42 Å².